The second kappa shape index (κ2) is 2.82. The van der Waals surface area contributed by atoms with Crippen LogP contribution < -0.4 is 5.73 Å². The first-order valence-electron chi connectivity index (χ1n) is 3.65. The van der Waals surface area contributed by atoms with Gasteiger partial charge in [-0.15, -0.1) is 0 Å². The minimum absolute atomic E-state index is 0.167. The molecular weight excluding hydrogens is 136 g/mol. The molecule has 1 unspecified atom stereocenters. The zero-order chi connectivity index (χ0) is 8.43. The summed E-state index contributed by atoms with van der Waals surface area (Å²) in [6.45, 7) is 5.78. The van der Waals surface area contributed by atoms with Crippen molar-refractivity contribution in [3.63, 3.8) is 0 Å². The molecule has 0 aromatic carbocycles. The normalized spacial score (nSPS) is 23.3. The van der Waals surface area contributed by atoms with E-state index in [1.54, 1.807) is 0 Å². The lowest BCUT2D eigenvalue weighted by Crippen LogP contribution is -2.34. The fraction of sp³-hybridized carbons (Fsp3) is 0.333. The number of hydrogen-bond acceptors (Lipinski definition) is 2. The molecule has 0 radical (unpaired) electrons. The second-order valence-corrected chi connectivity index (χ2v) is 2.82. The van der Waals surface area contributed by atoms with Crippen LogP contribution in [0, 0.1) is 0 Å². The van der Waals surface area contributed by atoms with Crippen LogP contribution in [0.1, 0.15) is 6.92 Å². The quantitative estimate of drug-likeness (QED) is 0.609. The summed E-state index contributed by atoms with van der Waals surface area (Å²) in [5.41, 5.74) is 7.51. The van der Waals surface area contributed by atoms with E-state index in [2.05, 4.69) is 24.5 Å². The Labute approximate surface area is 67.7 Å². The average Bonchev–Trinajstić information content (AvgIpc) is 1.94. The van der Waals surface area contributed by atoms with Crippen molar-refractivity contribution in [2.24, 2.45) is 5.73 Å². The minimum Gasteiger partial charge on any atom is -0.401 e. The number of nitrogens with two attached hydrogens (primary N) is 1. The van der Waals surface area contributed by atoms with Crippen molar-refractivity contribution in [3.05, 3.63) is 36.2 Å². The summed E-state index contributed by atoms with van der Waals surface area (Å²) >= 11 is 0. The standard InChI is InChI=1S/C9H14N2/c1-7-5-4-6-9(8(2)10)11(7)3/h4-6,9H,2,10H2,1,3H3. The molecule has 2 nitrogen and oxygen atoms in total. The smallest absolute Gasteiger partial charge is 0.0860 e. The van der Waals surface area contributed by atoms with E-state index in [-0.39, 0.29) is 6.04 Å². The van der Waals surface area contributed by atoms with Crippen molar-refractivity contribution in [1.29, 1.82) is 0 Å². The van der Waals surface area contributed by atoms with Crippen molar-refractivity contribution in [2.75, 3.05) is 7.05 Å². The van der Waals surface area contributed by atoms with Crippen molar-refractivity contribution in [3.8, 4) is 0 Å². The Kier molecular flexibility index (Phi) is 2.03. The third kappa shape index (κ3) is 1.45. The highest BCUT2D eigenvalue weighted by Gasteiger charge is 2.14. The van der Waals surface area contributed by atoms with Crippen LogP contribution in [-0.4, -0.2) is 18.0 Å². The van der Waals surface area contributed by atoms with Crippen LogP contribution in [0.2, 0.25) is 0 Å². The summed E-state index contributed by atoms with van der Waals surface area (Å²) in [6.07, 6.45) is 6.10. The number of nitrogens with zero attached hydrogens (tertiary/aromatic N) is 1. The zero-order valence-electron chi connectivity index (χ0n) is 7.04. The van der Waals surface area contributed by atoms with Crippen LogP contribution >= 0.6 is 0 Å². The number of likely N-dealkylation sites (N-methyl/N-ethyl adjacent to an activating group) is 1. The molecule has 60 valence electrons. The van der Waals surface area contributed by atoms with Gasteiger partial charge in [-0.3, -0.25) is 0 Å². The van der Waals surface area contributed by atoms with Crippen LogP contribution in [0.15, 0.2) is 36.2 Å². The molecule has 2 N–H and O–H groups in total. The lowest BCUT2D eigenvalue weighted by Gasteiger charge is -2.30. The summed E-state index contributed by atoms with van der Waals surface area (Å²) in [7, 11) is 2.01. The zero-order valence-corrected chi connectivity index (χ0v) is 7.04. The Morgan fingerprint density at radius 3 is 2.82 bits per heavy atom. The molecule has 0 aliphatic carbocycles. The highest BCUT2D eigenvalue weighted by Crippen LogP contribution is 2.15. The van der Waals surface area contributed by atoms with E-state index >= 15 is 0 Å². The first kappa shape index (κ1) is 7.92. The van der Waals surface area contributed by atoms with E-state index in [0.717, 1.165) is 0 Å². The fourth-order valence-electron chi connectivity index (χ4n) is 1.14. The van der Waals surface area contributed by atoms with Gasteiger partial charge in [0, 0.05) is 18.4 Å². The lowest BCUT2D eigenvalue weighted by atomic mass is 10.1. The third-order valence-corrected chi connectivity index (χ3v) is 1.98. The maximum atomic E-state index is 5.61. The van der Waals surface area contributed by atoms with Crippen molar-refractivity contribution >= 4 is 0 Å². The molecule has 1 aliphatic rings. The molecule has 1 rings (SSSR count). The molecule has 0 saturated heterocycles. The largest absolute Gasteiger partial charge is 0.401 e. The molecule has 0 aromatic rings. The summed E-state index contributed by atoms with van der Waals surface area (Å²) < 4.78 is 0. The molecule has 1 aliphatic heterocycles. The molecule has 1 atom stereocenters. The van der Waals surface area contributed by atoms with Gasteiger partial charge in [0.1, 0.15) is 0 Å². The van der Waals surface area contributed by atoms with Crippen LogP contribution in [0.25, 0.3) is 0 Å². The number of hydrogen-bond donors (Lipinski definition) is 1. The predicted molar refractivity (Wildman–Crippen MR) is 47.8 cm³/mol. The maximum absolute atomic E-state index is 5.61. The molecule has 0 spiro atoms. The molecular formula is C9H14N2. The Morgan fingerprint density at radius 2 is 2.36 bits per heavy atom. The van der Waals surface area contributed by atoms with Gasteiger partial charge in [-0.2, -0.15) is 0 Å². The third-order valence-electron chi connectivity index (χ3n) is 1.98. The fourth-order valence-corrected chi connectivity index (χ4v) is 1.14. The molecule has 0 fully saturated rings. The van der Waals surface area contributed by atoms with Gasteiger partial charge in [0.15, 0.2) is 0 Å². The molecule has 11 heavy (non-hydrogen) atoms. The van der Waals surface area contributed by atoms with Gasteiger partial charge in [-0.05, 0) is 13.0 Å². The second-order valence-electron chi connectivity index (χ2n) is 2.82. The van der Waals surface area contributed by atoms with Gasteiger partial charge in [-0.25, -0.2) is 0 Å². The van der Waals surface area contributed by atoms with Gasteiger partial charge in [0.2, 0.25) is 0 Å². The first-order chi connectivity index (χ1) is 5.13. The topological polar surface area (TPSA) is 29.3 Å². The Balaban J connectivity index is 2.81. The molecule has 0 saturated carbocycles. The molecule has 0 amide bonds. The summed E-state index contributed by atoms with van der Waals surface area (Å²) in [4.78, 5) is 2.10. The average molecular weight is 150 g/mol. The van der Waals surface area contributed by atoms with E-state index < -0.39 is 0 Å². The lowest BCUT2D eigenvalue weighted by molar-refractivity contribution is 0.382. The summed E-state index contributed by atoms with van der Waals surface area (Å²) in [6, 6.07) is 0.167. The van der Waals surface area contributed by atoms with Crippen molar-refractivity contribution < 1.29 is 0 Å². The SMILES string of the molecule is C=C(N)C1C=CC=C(C)N1C. The molecule has 2 heteroatoms. The molecule has 0 aromatic heterocycles. The minimum atomic E-state index is 0.167. The Hall–Kier alpha value is -1.18. The van der Waals surface area contributed by atoms with Crippen LogP contribution in [0.4, 0.5) is 0 Å². The van der Waals surface area contributed by atoms with Gasteiger partial charge in [0.25, 0.3) is 0 Å². The highest BCUT2D eigenvalue weighted by molar-refractivity contribution is 5.25. The van der Waals surface area contributed by atoms with Gasteiger partial charge < -0.3 is 10.6 Å². The number of rotatable bonds is 1. The van der Waals surface area contributed by atoms with Crippen LogP contribution in [0.3, 0.4) is 0 Å². The molecule has 1 heterocycles. The van der Waals surface area contributed by atoms with E-state index in [1.165, 1.54) is 5.70 Å². The van der Waals surface area contributed by atoms with Crippen LogP contribution in [-0.2, 0) is 0 Å². The monoisotopic (exact) mass is 150 g/mol. The van der Waals surface area contributed by atoms with Crippen molar-refractivity contribution in [2.45, 2.75) is 13.0 Å². The Bertz CT molecular complexity index is 226. The van der Waals surface area contributed by atoms with Gasteiger partial charge in [-0.1, -0.05) is 18.7 Å². The van der Waals surface area contributed by atoms with Gasteiger partial charge >= 0.3 is 0 Å². The number of allylic oxidation sites excluding steroid dienone is 3. The van der Waals surface area contributed by atoms with E-state index in [0.29, 0.717) is 5.70 Å². The highest BCUT2D eigenvalue weighted by atomic mass is 15.1. The molecule has 0 bridgehead atoms. The van der Waals surface area contributed by atoms with Crippen LogP contribution in [0.5, 0.6) is 0 Å². The van der Waals surface area contributed by atoms with Crippen molar-refractivity contribution in [1.82, 2.24) is 4.90 Å². The van der Waals surface area contributed by atoms with E-state index in [9.17, 15) is 0 Å². The van der Waals surface area contributed by atoms with Gasteiger partial charge in [0.05, 0.1) is 6.04 Å². The van der Waals surface area contributed by atoms with E-state index in [1.807, 2.05) is 19.2 Å². The first-order valence-corrected chi connectivity index (χ1v) is 3.65. The van der Waals surface area contributed by atoms with E-state index in [4.69, 9.17) is 5.73 Å². The summed E-state index contributed by atoms with van der Waals surface area (Å²) in [5.74, 6) is 0. The Morgan fingerprint density at radius 1 is 1.73 bits per heavy atom. The maximum Gasteiger partial charge on any atom is 0.0860 e. The summed E-state index contributed by atoms with van der Waals surface area (Å²) in [5, 5.41) is 0. The predicted octanol–water partition coefficient (Wildman–Crippen LogP) is 1.23.